The van der Waals surface area contributed by atoms with Crippen LogP contribution in [0.3, 0.4) is 0 Å². The van der Waals surface area contributed by atoms with Crippen molar-refractivity contribution in [2.24, 2.45) is 0 Å². The van der Waals surface area contributed by atoms with Crippen molar-refractivity contribution < 1.29 is 9.31 Å². The summed E-state index contributed by atoms with van der Waals surface area (Å²) in [6.45, 7) is 12.4. The number of hydrogen-bond acceptors (Lipinski definition) is 4. The van der Waals surface area contributed by atoms with Gasteiger partial charge in [0, 0.05) is 61.0 Å². The van der Waals surface area contributed by atoms with Crippen LogP contribution in [0.1, 0.15) is 53.7 Å². The Bertz CT molecular complexity index is 3600. The Balaban J connectivity index is 0.000000146. The summed E-state index contributed by atoms with van der Waals surface area (Å²) in [5.74, 6) is 0. The second-order valence-corrected chi connectivity index (χ2v) is 18.0. The summed E-state index contributed by atoms with van der Waals surface area (Å²) in [6.07, 6.45) is 3.67. The van der Waals surface area contributed by atoms with E-state index in [-0.39, 0.29) is 41.6 Å². The number of pyridine rings is 2. The van der Waals surface area contributed by atoms with Crippen molar-refractivity contribution in [1.29, 1.82) is 0 Å². The van der Waals surface area contributed by atoms with Gasteiger partial charge in [0.15, 0.2) is 0 Å². The molecule has 0 saturated carbocycles. The second-order valence-electron chi connectivity index (χ2n) is 17.6. The van der Waals surface area contributed by atoms with E-state index in [0.717, 1.165) is 22.3 Å². The van der Waals surface area contributed by atoms with Crippen molar-refractivity contribution in [3.05, 3.63) is 174 Å². The summed E-state index contributed by atoms with van der Waals surface area (Å²) in [5.41, 5.74) is 12.5. The van der Waals surface area contributed by atoms with Crippen LogP contribution >= 0.6 is 11.6 Å². The molecule has 1 aliphatic rings. The van der Waals surface area contributed by atoms with Crippen molar-refractivity contribution in [2.75, 3.05) is 0 Å². The molecule has 0 spiro atoms. The van der Waals surface area contributed by atoms with E-state index in [9.17, 15) is 0 Å². The molecule has 13 rings (SSSR count). The molecule has 1 aliphatic heterocycles. The number of halogens is 1. The highest BCUT2D eigenvalue weighted by Crippen LogP contribution is 2.42. The minimum absolute atomic E-state index is 0. The van der Waals surface area contributed by atoms with Crippen LogP contribution < -0.4 is 5.46 Å². The number of aromatic nitrogens is 4. The standard InChI is InChI=1S/C24H22BNO2.C24H16N2.C6H6ClN.2CH4.B/c1-23(2)24(3,4)28-25(27-23)15-12-13-21-19(14-15)18-10-7-9-17-16-8-5-6-11-20(16)26(21)22(17)18;1-15-9-11-21(25-14-15)16-10-12-23-20(13-16)19-7-4-6-18-17-5-2-3-8-22(17)26(23)24(18)19;1-5-2-3-6(7)8-4-5;;;/h5-14H,1-4H3;2-14H,1H3;2-4H,1H3;2*1H4;/q;;;;;-1. The van der Waals surface area contributed by atoms with E-state index in [0.29, 0.717) is 5.15 Å². The third-order valence-electron chi connectivity index (χ3n) is 13.1. The van der Waals surface area contributed by atoms with Crippen LogP contribution in [0.5, 0.6) is 0 Å². The van der Waals surface area contributed by atoms with Gasteiger partial charge in [0.25, 0.3) is 0 Å². The predicted octanol–water partition coefficient (Wildman–Crippen LogP) is 14.3. The first kappa shape index (κ1) is 45.1. The van der Waals surface area contributed by atoms with Gasteiger partial charge < -0.3 is 26.5 Å². The Morgan fingerprint density at radius 1 is 0.477 bits per heavy atom. The molecule has 322 valence electrons. The fourth-order valence-electron chi connectivity index (χ4n) is 9.26. The van der Waals surface area contributed by atoms with Crippen LogP contribution in [-0.4, -0.2) is 45.5 Å². The summed E-state index contributed by atoms with van der Waals surface area (Å²) in [7, 11) is -0.341. The van der Waals surface area contributed by atoms with Crippen molar-refractivity contribution in [3.63, 3.8) is 0 Å². The van der Waals surface area contributed by atoms with Gasteiger partial charge in [-0.2, -0.15) is 0 Å². The summed E-state index contributed by atoms with van der Waals surface area (Å²) >= 11 is 5.50. The summed E-state index contributed by atoms with van der Waals surface area (Å²) < 4.78 is 17.4. The minimum atomic E-state index is -0.341. The number of rotatable bonds is 2. The van der Waals surface area contributed by atoms with Gasteiger partial charge in [-0.1, -0.05) is 130 Å². The van der Waals surface area contributed by atoms with E-state index in [1.54, 1.807) is 12.3 Å². The zero-order chi connectivity index (χ0) is 42.5. The summed E-state index contributed by atoms with van der Waals surface area (Å²) in [5, 5.41) is 10.9. The smallest absolute Gasteiger partial charge is 0.494 e. The van der Waals surface area contributed by atoms with Crippen molar-refractivity contribution in [2.45, 2.75) is 67.6 Å². The van der Waals surface area contributed by atoms with Gasteiger partial charge in [0.05, 0.1) is 50.0 Å². The molecule has 7 heterocycles. The van der Waals surface area contributed by atoms with E-state index >= 15 is 0 Å². The average molecular weight is 870 g/mol. The molecule has 0 N–H and O–H groups in total. The Morgan fingerprint density at radius 2 is 0.923 bits per heavy atom. The van der Waals surface area contributed by atoms with Crippen LogP contribution in [0.2, 0.25) is 5.15 Å². The molecule has 1 saturated heterocycles. The lowest BCUT2D eigenvalue weighted by Crippen LogP contribution is -2.41. The SMILES string of the molecule is C.C.CC1(C)OB(c2ccc3c(c2)c2cccc4c5ccccc5n3c42)OC1(C)C.Cc1ccc(-c2ccc3c(c2)c2cccc4c5ccccc5n3c42)nc1.Cc1ccc(Cl)nc1.[B-]. The van der Waals surface area contributed by atoms with E-state index in [1.165, 1.54) is 81.8 Å². The quantitative estimate of drug-likeness (QED) is 0.128. The molecule has 12 aromatic rings. The average Bonchev–Trinajstić information content (AvgIpc) is 4.05. The topological polar surface area (TPSA) is 53.1 Å². The van der Waals surface area contributed by atoms with Crippen LogP contribution in [0, 0.1) is 13.8 Å². The molecule has 6 aromatic heterocycles. The zero-order valence-electron chi connectivity index (χ0n) is 36.1. The zero-order valence-corrected chi connectivity index (χ0v) is 36.9. The number of hydrogen-bond donors (Lipinski definition) is 0. The molecule has 0 aliphatic carbocycles. The minimum Gasteiger partial charge on any atom is -1.00 e. The van der Waals surface area contributed by atoms with Gasteiger partial charge in [-0.25, -0.2) is 4.98 Å². The van der Waals surface area contributed by atoms with Gasteiger partial charge in [0.1, 0.15) is 5.15 Å². The fraction of sp³-hybridized carbons (Fsp3) is 0.179. The highest BCUT2D eigenvalue weighted by Gasteiger charge is 2.51. The Hall–Kier alpha value is -6.44. The van der Waals surface area contributed by atoms with Gasteiger partial charge in [0.2, 0.25) is 0 Å². The molecule has 9 heteroatoms. The van der Waals surface area contributed by atoms with Crippen LogP contribution in [0.25, 0.3) is 87.4 Å². The van der Waals surface area contributed by atoms with Crippen molar-refractivity contribution in [3.8, 4) is 11.3 Å². The normalized spacial score (nSPS) is 14.1. The number of nitrogens with zero attached hydrogens (tertiary/aromatic N) is 4. The van der Waals surface area contributed by atoms with Gasteiger partial charge >= 0.3 is 7.12 Å². The Kier molecular flexibility index (Phi) is 11.7. The number of aryl methyl sites for hydroxylation is 2. The molecule has 65 heavy (non-hydrogen) atoms. The van der Waals surface area contributed by atoms with Gasteiger partial charge in [-0.05, 0) is 101 Å². The molecule has 0 atom stereocenters. The van der Waals surface area contributed by atoms with E-state index in [2.05, 4.69) is 187 Å². The molecule has 0 unspecified atom stereocenters. The molecule has 1 fully saturated rings. The largest absolute Gasteiger partial charge is 1.00 e. The Labute approximate surface area is 388 Å². The lowest BCUT2D eigenvalue weighted by atomic mass is 9.78. The molecule has 6 aromatic carbocycles. The highest BCUT2D eigenvalue weighted by atomic mass is 35.5. The predicted molar refractivity (Wildman–Crippen MR) is 279 cm³/mol. The lowest BCUT2D eigenvalue weighted by molar-refractivity contribution is 0.00578. The molecular weight excluding hydrogens is 818 g/mol. The van der Waals surface area contributed by atoms with E-state index in [4.69, 9.17) is 20.9 Å². The van der Waals surface area contributed by atoms with Gasteiger partial charge in [-0.3, -0.25) is 4.98 Å². The van der Waals surface area contributed by atoms with Gasteiger partial charge in [-0.15, -0.1) is 0 Å². The fourth-order valence-corrected chi connectivity index (χ4v) is 9.37. The van der Waals surface area contributed by atoms with Crippen molar-refractivity contribution >= 4 is 109 Å². The lowest BCUT2D eigenvalue weighted by Gasteiger charge is -2.32. The highest BCUT2D eigenvalue weighted by molar-refractivity contribution is 6.62. The number of para-hydroxylation sites is 4. The second kappa shape index (κ2) is 16.8. The molecule has 6 nitrogen and oxygen atoms in total. The first-order valence-electron chi connectivity index (χ1n) is 21.2. The maximum absolute atomic E-state index is 6.28. The molecule has 4 radical (unpaired) electrons. The van der Waals surface area contributed by atoms with E-state index in [1.807, 2.05) is 19.2 Å². The first-order chi connectivity index (χ1) is 30.0. The summed E-state index contributed by atoms with van der Waals surface area (Å²) in [4.78, 5) is 8.45. The van der Waals surface area contributed by atoms with Crippen molar-refractivity contribution in [1.82, 2.24) is 18.8 Å². The monoisotopic (exact) mass is 869 g/mol. The maximum Gasteiger partial charge on any atom is 0.494 e. The maximum atomic E-state index is 6.28. The van der Waals surface area contributed by atoms with E-state index < -0.39 is 0 Å². The third-order valence-corrected chi connectivity index (χ3v) is 13.3. The van der Waals surface area contributed by atoms with Crippen LogP contribution in [-0.2, 0) is 9.31 Å². The third kappa shape index (κ3) is 7.25. The molecule has 0 bridgehead atoms. The summed E-state index contributed by atoms with van der Waals surface area (Å²) in [6, 6.07) is 51.7. The Morgan fingerprint density at radius 3 is 1.42 bits per heavy atom. The van der Waals surface area contributed by atoms with Crippen LogP contribution in [0.15, 0.2) is 158 Å². The van der Waals surface area contributed by atoms with Crippen LogP contribution in [0.4, 0.5) is 0 Å². The molecular formula is C56H52B2ClN4O2-. The number of benzene rings is 6. The first-order valence-corrected chi connectivity index (χ1v) is 21.6. The molecule has 0 amide bonds. The number of fused-ring (bicyclic) bond motifs is 12.